The zero-order valence-corrected chi connectivity index (χ0v) is 16.6. The molecule has 0 saturated carbocycles. The van der Waals surface area contributed by atoms with Gasteiger partial charge in [-0.25, -0.2) is 0 Å². The van der Waals surface area contributed by atoms with Crippen LogP contribution >= 0.6 is 0 Å². The molecule has 0 aliphatic carbocycles. The molecule has 0 spiro atoms. The predicted octanol–water partition coefficient (Wildman–Crippen LogP) is 3.60. The van der Waals surface area contributed by atoms with E-state index in [1.54, 1.807) is 18.6 Å². The molecule has 1 amide bonds. The van der Waals surface area contributed by atoms with E-state index in [1.807, 2.05) is 51.6 Å². The molecule has 0 radical (unpaired) electrons. The topological polar surface area (TPSA) is 84.7 Å². The molecule has 142 valence electrons. The van der Waals surface area contributed by atoms with Crippen LogP contribution in [0.5, 0.6) is 0 Å². The Hall–Kier alpha value is -3.48. The van der Waals surface area contributed by atoms with Crippen molar-refractivity contribution >= 4 is 22.9 Å². The van der Waals surface area contributed by atoms with E-state index >= 15 is 0 Å². The van der Waals surface area contributed by atoms with Crippen molar-refractivity contribution in [3.05, 3.63) is 58.9 Å². The summed E-state index contributed by atoms with van der Waals surface area (Å²) in [6, 6.07) is 3.89. The van der Waals surface area contributed by atoms with Crippen LogP contribution in [0.25, 0.3) is 16.8 Å². The summed E-state index contributed by atoms with van der Waals surface area (Å²) < 4.78 is 1.82. The van der Waals surface area contributed by atoms with Crippen LogP contribution in [0.2, 0.25) is 0 Å². The first-order valence-electron chi connectivity index (χ1n) is 9.07. The Morgan fingerprint density at radius 1 is 1.18 bits per heavy atom. The first-order valence-corrected chi connectivity index (χ1v) is 9.07. The number of aromatic nitrogens is 4. The van der Waals surface area contributed by atoms with E-state index in [1.165, 1.54) is 0 Å². The van der Waals surface area contributed by atoms with Crippen molar-refractivity contribution in [1.29, 1.82) is 0 Å². The highest BCUT2D eigenvalue weighted by molar-refractivity contribution is 6.32. The number of nitrogens with zero attached hydrogens (tertiary/aromatic N) is 4. The SMILES string of the molecule is C/C(Nc1c(C)nn(C)c1C)=C1/C(=O)Nc2cnc(-c3cnccc3C)cc21. The fourth-order valence-corrected chi connectivity index (χ4v) is 3.53. The number of amides is 1. The summed E-state index contributed by atoms with van der Waals surface area (Å²) in [5.41, 5.74) is 8.59. The summed E-state index contributed by atoms with van der Waals surface area (Å²) in [6.45, 7) is 7.87. The third-order valence-electron chi connectivity index (χ3n) is 5.16. The van der Waals surface area contributed by atoms with Crippen molar-refractivity contribution < 1.29 is 4.79 Å². The molecule has 28 heavy (non-hydrogen) atoms. The van der Waals surface area contributed by atoms with E-state index in [4.69, 9.17) is 0 Å². The van der Waals surface area contributed by atoms with Gasteiger partial charge in [-0.2, -0.15) is 5.10 Å². The number of hydrogen-bond donors (Lipinski definition) is 2. The maximum atomic E-state index is 12.7. The van der Waals surface area contributed by atoms with Crippen LogP contribution in [-0.2, 0) is 11.8 Å². The normalized spacial score (nSPS) is 14.7. The first-order chi connectivity index (χ1) is 13.4. The van der Waals surface area contributed by atoms with Gasteiger partial charge >= 0.3 is 0 Å². The zero-order chi connectivity index (χ0) is 20.0. The van der Waals surface area contributed by atoms with E-state index in [0.717, 1.165) is 45.2 Å². The van der Waals surface area contributed by atoms with Gasteiger partial charge in [0.05, 0.1) is 40.2 Å². The predicted molar refractivity (Wildman–Crippen MR) is 110 cm³/mol. The van der Waals surface area contributed by atoms with Gasteiger partial charge in [0.2, 0.25) is 0 Å². The lowest BCUT2D eigenvalue weighted by Gasteiger charge is -2.11. The second kappa shape index (κ2) is 6.60. The number of carbonyl (C=O) groups excluding carboxylic acids is 1. The van der Waals surface area contributed by atoms with Gasteiger partial charge in [-0.1, -0.05) is 0 Å². The number of pyridine rings is 2. The molecule has 0 fully saturated rings. The minimum Gasteiger partial charge on any atom is -0.355 e. The van der Waals surface area contributed by atoms with E-state index in [-0.39, 0.29) is 5.91 Å². The van der Waals surface area contributed by atoms with Crippen LogP contribution in [0.3, 0.4) is 0 Å². The highest BCUT2D eigenvalue weighted by Crippen LogP contribution is 2.36. The second-order valence-corrected chi connectivity index (χ2v) is 7.05. The van der Waals surface area contributed by atoms with Crippen molar-refractivity contribution in [3.63, 3.8) is 0 Å². The lowest BCUT2D eigenvalue weighted by Crippen LogP contribution is -2.09. The van der Waals surface area contributed by atoms with Crippen molar-refractivity contribution in [2.45, 2.75) is 27.7 Å². The fourth-order valence-electron chi connectivity index (χ4n) is 3.53. The molecule has 0 atom stereocenters. The Morgan fingerprint density at radius 2 is 1.96 bits per heavy atom. The number of fused-ring (bicyclic) bond motifs is 1. The van der Waals surface area contributed by atoms with Gasteiger partial charge in [0, 0.05) is 36.3 Å². The van der Waals surface area contributed by atoms with E-state index < -0.39 is 0 Å². The van der Waals surface area contributed by atoms with Gasteiger partial charge in [-0.15, -0.1) is 0 Å². The minimum absolute atomic E-state index is 0.138. The summed E-state index contributed by atoms with van der Waals surface area (Å²) >= 11 is 0. The molecule has 3 aromatic rings. The molecule has 0 aromatic carbocycles. The largest absolute Gasteiger partial charge is 0.355 e. The van der Waals surface area contributed by atoms with Crippen LogP contribution in [0, 0.1) is 20.8 Å². The van der Waals surface area contributed by atoms with Crippen molar-refractivity contribution in [1.82, 2.24) is 19.7 Å². The number of aryl methyl sites for hydroxylation is 3. The summed E-state index contributed by atoms with van der Waals surface area (Å²) in [5.74, 6) is -0.138. The van der Waals surface area contributed by atoms with Crippen molar-refractivity contribution in [2.24, 2.45) is 7.05 Å². The Morgan fingerprint density at radius 3 is 2.64 bits per heavy atom. The van der Waals surface area contributed by atoms with Gasteiger partial charge in [-0.05, 0) is 45.4 Å². The third-order valence-corrected chi connectivity index (χ3v) is 5.16. The minimum atomic E-state index is -0.138. The van der Waals surface area contributed by atoms with Crippen molar-refractivity contribution in [2.75, 3.05) is 10.6 Å². The van der Waals surface area contributed by atoms with Gasteiger partial charge in [-0.3, -0.25) is 19.4 Å². The number of allylic oxidation sites excluding steroid dienone is 1. The molecule has 4 rings (SSSR count). The molecule has 0 unspecified atom stereocenters. The second-order valence-electron chi connectivity index (χ2n) is 7.05. The van der Waals surface area contributed by atoms with Gasteiger partial charge < -0.3 is 10.6 Å². The Labute approximate surface area is 163 Å². The average molecular weight is 374 g/mol. The lowest BCUT2D eigenvalue weighted by atomic mass is 10.0. The Balaban J connectivity index is 1.80. The molecule has 4 heterocycles. The smallest absolute Gasteiger partial charge is 0.258 e. The molecule has 1 aliphatic rings. The molecule has 2 N–H and O–H groups in total. The monoisotopic (exact) mass is 374 g/mol. The van der Waals surface area contributed by atoms with Gasteiger partial charge in [0.15, 0.2) is 0 Å². The van der Waals surface area contributed by atoms with Crippen LogP contribution in [-0.4, -0.2) is 25.7 Å². The quantitative estimate of drug-likeness (QED) is 0.684. The maximum Gasteiger partial charge on any atom is 0.258 e. The van der Waals surface area contributed by atoms with Crippen LogP contribution in [0.4, 0.5) is 11.4 Å². The Bertz CT molecular complexity index is 1140. The number of carbonyl (C=O) groups is 1. The van der Waals surface area contributed by atoms with Crippen LogP contribution < -0.4 is 10.6 Å². The summed E-state index contributed by atoms with van der Waals surface area (Å²) in [4.78, 5) is 21.4. The third kappa shape index (κ3) is 2.85. The van der Waals surface area contributed by atoms with E-state index in [0.29, 0.717) is 11.3 Å². The molecule has 3 aromatic heterocycles. The van der Waals surface area contributed by atoms with Gasteiger partial charge in [0.25, 0.3) is 5.91 Å². The fraction of sp³-hybridized carbons (Fsp3) is 0.238. The lowest BCUT2D eigenvalue weighted by molar-refractivity contribution is -0.110. The molecular weight excluding hydrogens is 352 g/mol. The van der Waals surface area contributed by atoms with Crippen LogP contribution in [0.1, 0.15) is 29.4 Å². The molecule has 0 saturated heterocycles. The highest BCUT2D eigenvalue weighted by atomic mass is 16.2. The average Bonchev–Trinajstić information content (AvgIpc) is 3.11. The van der Waals surface area contributed by atoms with E-state index in [9.17, 15) is 4.79 Å². The summed E-state index contributed by atoms with van der Waals surface area (Å²) in [6.07, 6.45) is 5.26. The van der Waals surface area contributed by atoms with Crippen LogP contribution in [0.15, 0.2) is 36.4 Å². The number of rotatable bonds is 3. The van der Waals surface area contributed by atoms with E-state index in [2.05, 4.69) is 25.7 Å². The summed E-state index contributed by atoms with van der Waals surface area (Å²) in [7, 11) is 1.90. The number of nitrogens with one attached hydrogen (secondary N) is 2. The van der Waals surface area contributed by atoms with Crippen molar-refractivity contribution in [3.8, 4) is 11.3 Å². The van der Waals surface area contributed by atoms with Gasteiger partial charge in [0.1, 0.15) is 0 Å². The molecule has 1 aliphatic heterocycles. The molecule has 7 nitrogen and oxygen atoms in total. The highest BCUT2D eigenvalue weighted by Gasteiger charge is 2.28. The maximum absolute atomic E-state index is 12.7. The standard InChI is InChI=1S/C21H22N6O/c1-11-6-7-22-9-16(11)17-8-15-18(10-23-17)25-21(28)19(15)12(2)24-20-13(3)26-27(5)14(20)4/h6-10,24H,1-5H3,(H,25,28)/b19-12-. The first kappa shape index (κ1) is 17.9. The Kier molecular flexibility index (Phi) is 4.22. The zero-order valence-electron chi connectivity index (χ0n) is 16.6. The number of anilines is 2. The summed E-state index contributed by atoms with van der Waals surface area (Å²) in [5, 5.41) is 10.7. The molecule has 0 bridgehead atoms. The molecular formula is C21H22N6O. The number of hydrogen-bond acceptors (Lipinski definition) is 5. The molecule has 7 heteroatoms.